The molecule has 0 heterocycles. The Labute approximate surface area is 106 Å². The predicted molar refractivity (Wildman–Crippen MR) is 63.4 cm³/mol. The van der Waals surface area contributed by atoms with E-state index in [4.69, 9.17) is 10.4 Å². The first kappa shape index (κ1) is 12.9. The molecule has 0 saturated heterocycles. The fourth-order valence-corrected chi connectivity index (χ4v) is 3.03. The number of hydrogen-bond donors (Lipinski definition) is 2. The van der Waals surface area contributed by atoms with Crippen LogP contribution in [-0.4, -0.2) is 23.0 Å². The molecule has 0 aliphatic heterocycles. The summed E-state index contributed by atoms with van der Waals surface area (Å²) < 4.78 is 0. The number of amides is 1. The van der Waals surface area contributed by atoms with E-state index >= 15 is 0 Å². The molecule has 2 rings (SSSR count). The largest absolute Gasteiger partial charge is 0.481 e. The van der Waals surface area contributed by atoms with Gasteiger partial charge in [-0.15, -0.1) is 0 Å². The SMILES string of the molecule is N#CC1CCCC1NC(=O)[C@@H]1CC[C@H](C(=O)O)C1. The van der Waals surface area contributed by atoms with E-state index in [1.54, 1.807) is 0 Å². The van der Waals surface area contributed by atoms with Crippen LogP contribution in [0, 0.1) is 29.1 Å². The first-order valence-corrected chi connectivity index (χ1v) is 6.54. The highest BCUT2D eigenvalue weighted by atomic mass is 16.4. The molecular weight excluding hydrogens is 232 g/mol. The highest BCUT2D eigenvalue weighted by Gasteiger charge is 2.36. The number of carbonyl (C=O) groups is 2. The molecule has 2 fully saturated rings. The predicted octanol–water partition coefficient (Wildman–Crippen LogP) is 1.30. The Bertz CT molecular complexity index is 388. The first-order valence-electron chi connectivity index (χ1n) is 6.54. The molecule has 5 nitrogen and oxygen atoms in total. The Morgan fingerprint density at radius 3 is 2.50 bits per heavy atom. The van der Waals surface area contributed by atoms with E-state index in [-0.39, 0.29) is 29.7 Å². The highest BCUT2D eigenvalue weighted by Crippen LogP contribution is 2.32. The summed E-state index contributed by atoms with van der Waals surface area (Å²) in [5, 5.41) is 20.8. The zero-order valence-corrected chi connectivity index (χ0v) is 10.3. The maximum atomic E-state index is 12.0. The van der Waals surface area contributed by atoms with Crippen molar-refractivity contribution < 1.29 is 14.7 Å². The molecular formula is C13H18N2O3. The van der Waals surface area contributed by atoms with Gasteiger partial charge in [-0.25, -0.2) is 0 Å². The van der Waals surface area contributed by atoms with Crippen molar-refractivity contribution in [1.82, 2.24) is 5.32 Å². The van der Waals surface area contributed by atoms with Gasteiger partial charge in [-0.3, -0.25) is 9.59 Å². The molecule has 0 spiro atoms. The number of rotatable bonds is 3. The second kappa shape index (κ2) is 5.38. The van der Waals surface area contributed by atoms with Gasteiger partial charge >= 0.3 is 5.97 Å². The summed E-state index contributed by atoms with van der Waals surface area (Å²) >= 11 is 0. The third-order valence-electron chi connectivity index (χ3n) is 4.16. The fraction of sp³-hybridized carbons (Fsp3) is 0.769. The smallest absolute Gasteiger partial charge is 0.306 e. The number of nitrogens with zero attached hydrogens (tertiary/aromatic N) is 1. The average molecular weight is 250 g/mol. The van der Waals surface area contributed by atoms with E-state index < -0.39 is 5.97 Å². The van der Waals surface area contributed by atoms with Crippen molar-refractivity contribution in [2.24, 2.45) is 17.8 Å². The first-order chi connectivity index (χ1) is 8.61. The number of nitriles is 1. The van der Waals surface area contributed by atoms with Crippen LogP contribution in [0.5, 0.6) is 0 Å². The minimum absolute atomic E-state index is 0.0358. The Morgan fingerprint density at radius 2 is 1.89 bits per heavy atom. The van der Waals surface area contributed by atoms with Gasteiger partial charge in [-0.1, -0.05) is 0 Å². The molecule has 5 heteroatoms. The van der Waals surface area contributed by atoms with Gasteiger partial charge in [0.15, 0.2) is 0 Å². The van der Waals surface area contributed by atoms with Crippen LogP contribution in [0.15, 0.2) is 0 Å². The third-order valence-corrected chi connectivity index (χ3v) is 4.16. The topological polar surface area (TPSA) is 90.2 Å². The maximum Gasteiger partial charge on any atom is 0.306 e. The minimum Gasteiger partial charge on any atom is -0.481 e. The van der Waals surface area contributed by atoms with E-state index in [9.17, 15) is 9.59 Å². The van der Waals surface area contributed by atoms with Crippen LogP contribution in [0.2, 0.25) is 0 Å². The average Bonchev–Trinajstić information content (AvgIpc) is 2.96. The molecule has 0 radical (unpaired) electrons. The summed E-state index contributed by atoms with van der Waals surface area (Å²) in [6.45, 7) is 0. The number of carboxylic acid groups (broad SMARTS) is 1. The Balaban J connectivity index is 1.86. The van der Waals surface area contributed by atoms with Crippen LogP contribution in [0.4, 0.5) is 0 Å². The second-order valence-corrected chi connectivity index (χ2v) is 5.33. The van der Waals surface area contributed by atoms with E-state index in [2.05, 4.69) is 11.4 Å². The number of hydrogen-bond acceptors (Lipinski definition) is 3. The minimum atomic E-state index is -0.805. The molecule has 18 heavy (non-hydrogen) atoms. The lowest BCUT2D eigenvalue weighted by atomic mass is 10.0. The summed E-state index contributed by atoms with van der Waals surface area (Å²) in [6, 6.07) is 2.19. The van der Waals surface area contributed by atoms with Crippen molar-refractivity contribution in [3.63, 3.8) is 0 Å². The molecule has 2 saturated carbocycles. The molecule has 0 aromatic heterocycles. The molecule has 0 bridgehead atoms. The van der Waals surface area contributed by atoms with E-state index in [0.717, 1.165) is 19.3 Å². The van der Waals surface area contributed by atoms with E-state index in [1.807, 2.05) is 0 Å². The zero-order chi connectivity index (χ0) is 13.1. The van der Waals surface area contributed by atoms with Crippen LogP contribution in [0.1, 0.15) is 38.5 Å². The standard InChI is InChI=1S/C13H18N2O3/c14-7-10-2-1-3-11(10)15-12(16)8-4-5-9(6-8)13(17)18/h8-11H,1-6H2,(H,15,16)(H,17,18)/t8-,9+,10?,11?/m1/s1. The van der Waals surface area contributed by atoms with Crippen molar-refractivity contribution in [3.8, 4) is 6.07 Å². The fourth-order valence-electron chi connectivity index (χ4n) is 3.03. The van der Waals surface area contributed by atoms with E-state index in [1.165, 1.54) is 0 Å². The molecule has 2 aliphatic rings. The van der Waals surface area contributed by atoms with Gasteiger partial charge in [0.2, 0.25) is 5.91 Å². The number of aliphatic carboxylic acids is 1. The van der Waals surface area contributed by atoms with Crippen LogP contribution in [0.3, 0.4) is 0 Å². The van der Waals surface area contributed by atoms with Crippen molar-refractivity contribution >= 4 is 11.9 Å². The van der Waals surface area contributed by atoms with Crippen LogP contribution in [-0.2, 0) is 9.59 Å². The van der Waals surface area contributed by atoms with Gasteiger partial charge in [0.1, 0.15) is 0 Å². The van der Waals surface area contributed by atoms with Gasteiger partial charge in [0.05, 0.1) is 17.9 Å². The summed E-state index contributed by atoms with van der Waals surface area (Å²) in [7, 11) is 0. The number of nitrogens with one attached hydrogen (secondary N) is 1. The zero-order valence-electron chi connectivity index (χ0n) is 10.3. The molecule has 1 amide bonds. The summed E-state index contributed by atoms with van der Waals surface area (Å²) in [5.74, 6) is -1.51. The van der Waals surface area contributed by atoms with Crippen LogP contribution in [0.25, 0.3) is 0 Å². The number of carboxylic acids is 1. The number of carbonyl (C=O) groups excluding carboxylic acids is 1. The molecule has 2 aliphatic carbocycles. The Hall–Kier alpha value is -1.57. The Kier molecular flexibility index (Phi) is 3.85. The van der Waals surface area contributed by atoms with Crippen molar-refractivity contribution in [3.05, 3.63) is 0 Å². The lowest BCUT2D eigenvalue weighted by molar-refractivity contribution is -0.141. The highest BCUT2D eigenvalue weighted by molar-refractivity contribution is 5.81. The molecule has 98 valence electrons. The molecule has 0 aromatic carbocycles. The van der Waals surface area contributed by atoms with E-state index in [0.29, 0.717) is 19.3 Å². The lowest BCUT2D eigenvalue weighted by Gasteiger charge is -2.18. The Morgan fingerprint density at radius 1 is 1.17 bits per heavy atom. The molecule has 0 aromatic rings. The normalized spacial score (nSPS) is 35.1. The van der Waals surface area contributed by atoms with Crippen molar-refractivity contribution in [2.45, 2.75) is 44.6 Å². The summed E-state index contributed by atoms with van der Waals surface area (Å²) in [4.78, 5) is 22.9. The monoisotopic (exact) mass is 250 g/mol. The summed E-state index contributed by atoms with van der Waals surface area (Å²) in [5.41, 5.74) is 0. The molecule has 2 N–H and O–H groups in total. The quantitative estimate of drug-likeness (QED) is 0.789. The van der Waals surface area contributed by atoms with Crippen molar-refractivity contribution in [2.75, 3.05) is 0 Å². The van der Waals surface area contributed by atoms with Gasteiger partial charge in [-0.05, 0) is 38.5 Å². The van der Waals surface area contributed by atoms with Gasteiger partial charge in [0, 0.05) is 12.0 Å². The maximum absolute atomic E-state index is 12.0. The molecule has 2 unspecified atom stereocenters. The molecule has 4 atom stereocenters. The summed E-state index contributed by atoms with van der Waals surface area (Å²) in [6.07, 6.45) is 4.35. The van der Waals surface area contributed by atoms with Crippen LogP contribution >= 0.6 is 0 Å². The lowest BCUT2D eigenvalue weighted by Crippen LogP contribution is -2.40. The third kappa shape index (κ3) is 2.63. The second-order valence-electron chi connectivity index (χ2n) is 5.33. The van der Waals surface area contributed by atoms with Crippen molar-refractivity contribution in [1.29, 1.82) is 5.26 Å². The van der Waals surface area contributed by atoms with Gasteiger partial charge < -0.3 is 10.4 Å². The van der Waals surface area contributed by atoms with Crippen LogP contribution < -0.4 is 5.32 Å². The van der Waals surface area contributed by atoms with Gasteiger partial charge in [0.25, 0.3) is 0 Å². The van der Waals surface area contributed by atoms with Gasteiger partial charge in [-0.2, -0.15) is 5.26 Å².